The Balaban J connectivity index is 2.15. The molecule has 2 atom stereocenters. The molecule has 0 saturated carbocycles. The molecule has 2 N–H and O–H groups in total. The van der Waals surface area contributed by atoms with Crippen LogP contribution in [0, 0.1) is 0 Å². The third-order valence-electron chi connectivity index (χ3n) is 3.25. The number of hydrogen-bond acceptors (Lipinski definition) is 3. The molecule has 1 aliphatic rings. The highest BCUT2D eigenvalue weighted by atomic mass is 79.9. The summed E-state index contributed by atoms with van der Waals surface area (Å²) in [6.45, 7) is 2.42. The Labute approximate surface area is 115 Å². The van der Waals surface area contributed by atoms with Crippen molar-refractivity contribution < 1.29 is 9.90 Å². The summed E-state index contributed by atoms with van der Waals surface area (Å²) in [6, 6.07) is 0.0497. The third kappa shape index (κ3) is 2.75. The summed E-state index contributed by atoms with van der Waals surface area (Å²) in [5, 5.41) is 16.3. The van der Waals surface area contributed by atoms with Crippen molar-refractivity contribution in [3.8, 4) is 0 Å². The predicted octanol–water partition coefficient (Wildman–Crippen LogP) is 1.15. The Hall–Kier alpha value is -0.880. The number of nitrogens with one attached hydrogen (secondary N) is 1. The van der Waals surface area contributed by atoms with Gasteiger partial charge in [0, 0.05) is 11.3 Å². The number of halogens is 1. The number of aromatic nitrogens is 2. The van der Waals surface area contributed by atoms with Gasteiger partial charge in [-0.15, -0.1) is 0 Å². The summed E-state index contributed by atoms with van der Waals surface area (Å²) in [6.07, 6.45) is 4.76. The first-order valence-corrected chi connectivity index (χ1v) is 7.15. The van der Waals surface area contributed by atoms with Crippen molar-refractivity contribution in [1.29, 1.82) is 0 Å². The molecule has 2 rings (SSSR count). The largest absolute Gasteiger partial charge is 0.394 e. The number of amides is 1. The Bertz CT molecular complexity index is 431. The normalized spacial score (nSPS) is 20.3. The topological polar surface area (TPSA) is 67.2 Å². The Morgan fingerprint density at radius 3 is 3.22 bits per heavy atom. The maximum atomic E-state index is 11.7. The van der Waals surface area contributed by atoms with Crippen LogP contribution >= 0.6 is 15.9 Å². The zero-order chi connectivity index (χ0) is 13.1. The summed E-state index contributed by atoms with van der Waals surface area (Å²) in [7, 11) is 0. The third-order valence-corrected chi connectivity index (χ3v) is 3.67. The maximum absolute atomic E-state index is 11.7. The summed E-state index contributed by atoms with van der Waals surface area (Å²) in [5.41, 5.74) is 2.24. The summed E-state index contributed by atoms with van der Waals surface area (Å²) in [5.74, 6) is 0.00255. The van der Waals surface area contributed by atoms with Crippen LogP contribution in [0.5, 0.6) is 0 Å². The number of aliphatic hydroxyl groups excluding tert-OH is 1. The molecule has 6 heteroatoms. The number of rotatable bonds is 4. The SMILES string of the molecule is CC(Br)C(=O)NC1CCCc2c1cnn2CCO. The minimum atomic E-state index is -0.185. The van der Waals surface area contributed by atoms with Crippen molar-refractivity contribution in [2.45, 2.75) is 43.6 Å². The van der Waals surface area contributed by atoms with Gasteiger partial charge in [0.05, 0.1) is 30.2 Å². The van der Waals surface area contributed by atoms with Gasteiger partial charge in [-0.25, -0.2) is 0 Å². The summed E-state index contributed by atoms with van der Waals surface area (Å²) < 4.78 is 1.84. The van der Waals surface area contributed by atoms with Crippen molar-refractivity contribution in [3.05, 3.63) is 17.5 Å². The number of carbonyl (C=O) groups is 1. The van der Waals surface area contributed by atoms with Crippen molar-refractivity contribution in [3.63, 3.8) is 0 Å². The molecule has 0 bridgehead atoms. The van der Waals surface area contributed by atoms with E-state index in [-0.39, 0.29) is 23.4 Å². The van der Waals surface area contributed by atoms with Gasteiger partial charge >= 0.3 is 0 Å². The highest BCUT2D eigenvalue weighted by Crippen LogP contribution is 2.29. The first-order valence-electron chi connectivity index (χ1n) is 6.23. The van der Waals surface area contributed by atoms with E-state index in [0.717, 1.165) is 30.5 Å². The van der Waals surface area contributed by atoms with Gasteiger partial charge in [0.1, 0.15) is 0 Å². The van der Waals surface area contributed by atoms with E-state index in [1.165, 1.54) is 0 Å². The first kappa shape index (κ1) is 13.5. The lowest BCUT2D eigenvalue weighted by atomic mass is 9.93. The number of alkyl halides is 1. The molecule has 0 radical (unpaired) electrons. The fourth-order valence-corrected chi connectivity index (χ4v) is 2.47. The molecule has 0 saturated heterocycles. The van der Waals surface area contributed by atoms with Crippen LogP contribution in [0.25, 0.3) is 0 Å². The molecular weight excluding hydrogens is 298 g/mol. The Morgan fingerprint density at radius 2 is 2.56 bits per heavy atom. The first-order chi connectivity index (χ1) is 8.63. The fraction of sp³-hybridized carbons (Fsp3) is 0.667. The van der Waals surface area contributed by atoms with Crippen molar-refractivity contribution >= 4 is 21.8 Å². The highest BCUT2D eigenvalue weighted by Gasteiger charge is 2.26. The van der Waals surface area contributed by atoms with Crippen molar-refractivity contribution in [1.82, 2.24) is 15.1 Å². The van der Waals surface area contributed by atoms with Gasteiger partial charge in [-0.05, 0) is 26.2 Å². The van der Waals surface area contributed by atoms with Gasteiger partial charge in [-0.2, -0.15) is 5.10 Å². The zero-order valence-electron chi connectivity index (χ0n) is 10.4. The van der Waals surface area contributed by atoms with Crippen LogP contribution in [0.3, 0.4) is 0 Å². The van der Waals surface area contributed by atoms with E-state index < -0.39 is 0 Å². The van der Waals surface area contributed by atoms with Crippen LogP contribution in [-0.4, -0.2) is 32.2 Å². The van der Waals surface area contributed by atoms with Gasteiger partial charge < -0.3 is 10.4 Å². The van der Waals surface area contributed by atoms with Gasteiger partial charge in [0.2, 0.25) is 5.91 Å². The van der Waals surface area contributed by atoms with Crippen molar-refractivity contribution in [2.24, 2.45) is 0 Å². The average Bonchev–Trinajstić information content (AvgIpc) is 2.74. The molecule has 1 aromatic heterocycles. The second-order valence-corrected chi connectivity index (χ2v) is 5.94. The maximum Gasteiger partial charge on any atom is 0.233 e. The second-order valence-electron chi connectivity index (χ2n) is 4.56. The molecule has 0 aliphatic heterocycles. The van der Waals surface area contributed by atoms with Crippen LogP contribution in [0.15, 0.2) is 6.20 Å². The molecular formula is C12H18BrN3O2. The van der Waals surface area contributed by atoms with Crippen LogP contribution in [-0.2, 0) is 17.8 Å². The number of aliphatic hydroxyl groups is 1. The van der Waals surface area contributed by atoms with E-state index in [2.05, 4.69) is 26.3 Å². The van der Waals surface area contributed by atoms with Crippen LogP contribution < -0.4 is 5.32 Å². The van der Waals surface area contributed by atoms with Gasteiger partial charge in [-0.1, -0.05) is 15.9 Å². The van der Waals surface area contributed by atoms with E-state index in [4.69, 9.17) is 5.11 Å². The molecule has 2 unspecified atom stereocenters. The monoisotopic (exact) mass is 315 g/mol. The zero-order valence-corrected chi connectivity index (χ0v) is 12.0. The number of carbonyl (C=O) groups excluding carboxylic acids is 1. The molecule has 1 aromatic rings. The van der Waals surface area contributed by atoms with Crippen LogP contribution in [0.1, 0.15) is 37.1 Å². The number of fused-ring (bicyclic) bond motifs is 1. The minimum absolute atomic E-state index is 0.00255. The molecule has 5 nitrogen and oxygen atoms in total. The van der Waals surface area contributed by atoms with Crippen LogP contribution in [0.2, 0.25) is 0 Å². The average molecular weight is 316 g/mol. The van der Waals surface area contributed by atoms with Crippen molar-refractivity contribution in [2.75, 3.05) is 6.61 Å². The molecule has 100 valence electrons. The second kappa shape index (κ2) is 5.84. The lowest BCUT2D eigenvalue weighted by Gasteiger charge is -2.24. The standard InChI is InChI=1S/C12H18BrN3O2/c1-8(13)12(18)15-10-3-2-4-11-9(10)7-14-16(11)5-6-17/h7-8,10,17H,2-6H2,1H3,(H,15,18). The molecule has 1 amide bonds. The Morgan fingerprint density at radius 1 is 1.78 bits per heavy atom. The molecule has 1 aliphatic carbocycles. The smallest absolute Gasteiger partial charge is 0.233 e. The molecule has 0 aromatic carbocycles. The lowest BCUT2D eigenvalue weighted by molar-refractivity contribution is -0.121. The predicted molar refractivity (Wildman–Crippen MR) is 71.5 cm³/mol. The molecule has 0 spiro atoms. The summed E-state index contributed by atoms with van der Waals surface area (Å²) >= 11 is 3.27. The molecule has 0 fully saturated rings. The van der Waals surface area contributed by atoms with E-state index in [1.807, 2.05) is 17.8 Å². The molecule has 1 heterocycles. The van der Waals surface area contributed by atoms with Gasteiger partial charge in [0.15, 0.2) is 0 Å². The quantitative estimate of drug-likeness (QED) is 0.819. The minimum Gasteiger partial charge on any atom is -0.394 e. The fourth-order valence-electron chi connectivity index (χ4n) is 2.34. The lowest BCUT2D eigenvalue weighted by Crippen LogP contribution is -2.34. The number of nitrogens with zero attached hydrogens (tertiary/aromatic N) is 2. The van der Waals surface area contributed by atoms with E-state index in [9.17, 15) is 4.79 Å². The summed E-state index contributed by atoms with van der Waals surface area (Å²) in [4.78, 5) is 11.5. The van der Waals surface area contributed by atoms with E-state index in [0.29, 0.717) is 6.54 Å². The van der Waals surface area contributed by atoms with E-state index in [1.54, 1.807) is 0 Å². The molecule has 18 heavy (non-hydrogen) atoms. The Kier molecular flexibility index (Phi) is 4.40. The number of hydrogen-bond donors (Lipinski definition) is 2. The van der Waals surface area contributed by atoms with E-state index >= 15 is 0 Å². The van der Waals surface area contributed by atoms with Gasteiger partial charge in [0.25, 0.3) is 0 Å². The highest BCUT2D eigenvalue weighted by molar-refractivity contribution is 9.10. The van der Waals surface area contributed by atoms with Gasteiger partial charge in [-0.3, -0.25) is 9.48 Å². The van der Waals surface area contributed by atoms with Crippen LogP contribution in [0.4, 0.5) is 0 Å².